The lowest BCUT2D eigenvalue weighted by Gasteiger charge is -2.10. The number of aryl methyl sites for hydroxylation is 1. The number of halogens is 1. The van der Waals surface area contributed by atoms with Gasteiger partial charge in [0, 0.05) is 6.54 Å². The van der Waals surface area contributed by atoms with Crippen molar-refractivity contribution in [2.75, 3.05) is 26.4 Å². The fourth-order valence-electron chi connectivity index (χ4n) is 1.55. The van der Waals surface area contributed by atoms with E-state index in [4.69, 9.17) is 14.9 Å². The largest absolute Gasteiger partial charge is 0.478 e. The maximum absolute atomic E-state index is 13.6. The molecule has 0 amide bonds. The second-order valence-corrected chi connectivity index (χ2v) is 5.91. The molecule has 118 valence electrons. The molecule has 0 aliphatic heterocycles. The molecule has 1 aromatic rings. The zero-order valence-electron chi connectivity index (χ0n) is 11.3. The summed E-state index contributed by atoms with van der Waals surface area (Å²) in [5.74, 6) is -2.51. The van der Waals surface area contributed by atoms with Crippen molar-refractivity contribution in [1.82, 2.24) is 4.72 Å². The van der Waals surface area contributed by atoms with E-state index < -0.39 is 27.4 Å². The van der Waals surface area contributed by atoms with Crippen LogP contribution < -0.4 is 4.72 Å². The van der Waals surface area contributed by atoms with Crippen molar-refractivity contribution >= 4 is 16.0 Å². The molecule has 9 heteroatoms. The predicted octanol–water partition coefficient (Wildman–Crippen LogP) is 0.120. The van der Waals surface area contributed by atoms with Gasteiger partial charge in [0.2, 0.25) is 10.0 Å². The standard InChI is InChI=1S/C12H16FNO6S/c1-8-6-9(7-10(11(8)13)12(16)17)21(18,19)14-2-4-20-5-3-15/h6-7,14-15H,2-5H2,1H3,(H,16,17). The van der Waals surface area contributed by atoms with Crippen LogP contribution in [-0.2, 0) is 14.8 Å². The number of aliphatic hydroxyl groups excluding tert-OH is 1. The van der Waals surface area contributed by atoms with Gasteiger partial charge in [-0.25, -0.2) is 22.3 Å². The Hall–Kier alpha value is -1.55. The molecule has 3 N–H and O–H groups in total. The Morgan fingerprint density at radius 3 is 2.62 bits per heavy atom. The van der Waals surface area contributed by atoms with Crippen LogP contribution in [0.25, 0.3) is 0 Å². The van der Waals surface area contributed by atoms with Gasteiger partial charge in [-0.2, -0.15) is 0 Å². The van der Waals surface area contributed by atoms with Gasteiger partial charge in [-0.3, -0.25) is 0 Å². The third-order valence-electron chi connectivity index (χ3n) is 2.54. The number of aromatic carboxylic acids is 1. The quantitative estimate of drug-likeness (QED) is 0.586. The number of rotatable bonds is 8. The van der Waals surface area contributed by atoms with E-state index >= 15 is 0 Å². The van der Waals surface area contributed by atoms with Crippen molar-refractivity contribution in [3.05, 3.63) is 29.1 Å². The lowest BCUT2D eigenvalue weighted by Crippen LogP contribution is -2.28. The number of hydrogen-bond donors (Lipinski definition) is 3. The van der Waals surface area contributed by atoms with E-state index in [0.29, 0.717) is 0 Å². The summed E-state index contributed by atoms with van der Waals surface area (Å²) in [5, 5.41) is 17.3. The maximum Gasteiger partial charge on any atom is 0.338 e. The van der Waals surface area contributed by atoms with Gasteiger partial charge in [-0.1, -0.05) is 0 Å². The van der Waals surface area contributed by atoms with E-state index in [1.165, 1.54) is 6.92 Å². The monoisotopic (exact) mass is 321 g/mol. The number of sulfonamides is 1. The Morgan fingerprint density at radius 1 is 1.38 bits per heavy atom. The molecular weight excluding hydrogens is 305 g/mol. The smallest absolute Gasteiger partial charge is 0.338 e. The molecule has 1 rings (SSSR count). The zero-order chi connectivity index (χ0) is 16.0. The van der Waals surface area contributed by atoms with E-state index in [9.17, 15) is 17.6 Å². The number of ether oxygens (including phenoxy) is 1. The second kappa shape index (κ2) is 7.46. The molecule has 0 fully saturated rings. The molecule has 0 atom stereocenters. The summed E-state index contributed by atoms with van der Waals surface area (Å²) in [4.78, 5) is 10.6. The van der Waals surface area contributed by atoms with E-state index in [1.54, 1.807) is 0 Å². The molecule has 0 heterocycles. The number of carboxylic acids is 1. The molecule has 0 saturated heterocycles. The number of benzene rings is 1. The van der Waals surface area contributed by atoms with Gasteiger partial charge in [0.05, 0.1) is 30.3 Å². The number of carbonyl (C=O) groups is 1. The highest BCUT2D eigenvalue weighted by molar-refractivity contribution is 7.89. The van der Waals surface area contributed by atoms with Gasteiger partial charge >= 0.3 is 5.97 Å². The lowest BCUT2D eigenvalue weighted by atomic mass is 10.1. The van der Waals surface area contributed by atoms with Crippen molar-refractivity contribution in [2.24, 2.45) is 0 Å². The minimum atomic E-state index is -3.97. The Labute approximate surface area is 121 Å². The fraction of sp³-hybridized carbons (Fsp3) is 0.417. The van der Waals surface area contributed by atoms with Gasteiger partial charge in [0.25, 0.3) is 0 Å². The van der Waals surface area contributed by atoms with E-state index in [2.05, 4.69) is 4.72 Å². The number of carboxylic acid groups (broad SMARTS) is 1. The van der Waals surface area contributed by atoms with Gasteiger partial charge in [-0.05, 0) is 24.6 Å². The molecular formula is C12H16FNO6S. The highest BCUT2D eigenvalue weighted by atomic mass is 32.2. The molecule has 0 aromatic heterocycles. The van der Waals surface area contributed by atoms with Crippen LogP contribution in [0, 0.1) is 12.7 Å². The van der Waals surface area contributed by atoms with Crippen molar-refractivity contribution in [2.45, 2.75) is 11.8 Å². The first kappa shape index (κ1) is 17.5. The first-order valence-electron chi connectivity index (χ1n) is 6.01. The molecule has 0 radical (unpaired) electrons. The van der Waals surface area contributed by atoms with Crippen LogP contribution in [0.3, 0.4) is 0 Å². The van der Waals surface area contributed by atoms with E-state index in [-0.39, 0.29) is 36.8 Å². The van der Waals surface area contributed by atoms with Crippen molar-refractivity contribution in [3.8, 4) is 0 Å². The van der Waals surface area contributed by atoms with Gasteiger partial charge in [0.15, 0.2) is 0 Å². The Balaban J connectivity index is 2.91. The van der Waals surface area contributed by atoms with Crippen LogP contribution in [0.4, 0.5) is 4.39 Å². The number of nitrogens with one attached hydrogen (secondary N) is 1. The summed E-state index contributed by atoms with van der Waals surface area (Å²) in [5.41, 5.74) is -0.779. The number of hydrogen-bond acceptors (Lipinski definition) is 5. The average Bonchev–Trinajstić information content (AvgIpc) is 2.40. The minimum Gasteiger partial charge on any atom is -0.478 e. The van der Waals surface area contributed by atoms with Crippen molar-refractivity contribution in [3.63, 3.8) is 0 Å². The first-order chi connectivity index (χ1) is 9.79. The second-order valence-electron chi connectivity index (χ2n) is 4.14. The van der Waals surface area contributed by atoms with Gasteiger partial charge < -0.3 is 14.9 Å². The molecule has 7 nitrogen and oxygen atoms in total. The van der Waals surface area contributed by atoms with Crippen LogP contribution in [0.15, 0.2) is 17.0 Å². The van der Waals surface area contributed by atoms with Crippen LogP contribution in [0.2, 0.25) is 0 Å². The minimum absolute atomic E-state index is 0.0474. The summed E-state index contributed by atoms with van der Waals surface area (Å²) in [7, 11) is -3.97. The SMILES string of the molecule is Cc1cc(S(=O)(=O)NCCOCCO)cc(C(=O)O)c1F. The molecule has 0 aliphatic carbocycles. The fourth-order valence-corrected chi connectivity index (χ4v) is 2.67. The van der Waals surface area contributed by atoms with Gasteiger partial charge in [-0.15, -0.1) is 0 Å². The zero-order valence-corrected chi connectivity index (χ0v) is 12.1. The van der Waals surface area contributed by atoms with Crippen LogP contribution in [0.5, 0.6) is 0 Å². The molecule has 0 unspecified atom stereocenters. The van der Waals surface area contributed by atoms with Crippen molar-refractivity contribution in [1.29, 1.82) is 0 Å². The Bertz CT molecular complexity index is 616. The van der Waals surface area contributed by atoms with Crippen LogP contribution in [0.1, 0.15) is 15.9 Å². The summed E-state index contributed by atoms with van der Waals surface area (Å²) in [6.45, 7) is 1.19. The predicted molar refractivity (Wildman–Crippen MR) is 71.2 cm³/mol. The average molecular weight is 321 g/mol. The highest BCUT2D eigenvalue weighted by Gasteiger charge is 2.20. The normalized spacial score (nSPS) is 11.6. The lowest BCUT2D eigenvalue weighted by molar-refractivity contribution is 0.0691. The summed E-state index contributed by atoms with van der Waals surface area (Å²) in [6, 6.07) is 1.82. The summed E-state index contributed by atoms with van der Waals surface area (Å²) < 4.78 is 44.6. The van der Waals surface area contributed by atoms with E-state index in [0.717, 1.165) is 12.1 Å². The molecule has 21 heavy (non-hydrogen) atoms. The van der Waals surface area contributed by atoms with Crippen LogP contribution in [-0.4, -0.2) is 51.0 Å². The topological polar surface area (TPSA) is 113 Å². The Kier molecular flexibility index (Phi) is 6.21. The summed E-state index contributed by atoms with van der Waals surface area (Å²) >= 11 is 0. The third-order valence-corrected chi connectivity index (χ3v) is 3.98. The molecule has 1 aromatic carbocycles. The van der Waals surface area contributed by atoms with Gasteiger partial charge in [0.1, 0.15) is 5.82 Å². The summed E-state index contributed by atoms with van der Waals surface area (Å²) in [6.07, 6.45) is 0. The molecule has 0 aliphatic rings. The molecule has 0 spiro atoms. The Morgan fingerprint density at radius 2 is 2.05 bits per heavy atom. The van der Waals surface area contributed by atoms with Crippen molar-refractivity contribution < 1.29 is 32.6 Å². The first-order valence-corrected chi connectivity index (χ1v) is 7.49. The highest BCUT2D eigenvalue weighted by Crippen LogP contribution is 2.19. The molecule has 0 bridgehead atoms. The number of aliphatic hydroxyl groups is 1. The molecule has 0 saturated carbocycles. The van der Waals surface area contributed by atoms with E-state index in [1.807, 2.05) is 0 Å². The maximum atomic E-state index is 13.6. The van der Waals surface area contributed by atoms with Crippen LogP contribution >= 0.6 is 0 Å². The third kappa shape index (κ3) is 4.74.